The normalized spacial score (nSPS) is 26.7. The predicted octanol–water partition coefficient (Wildman–Crippen LogP) is 3.29. The molecule has 1 saturated heterocycles. The Morgan fingerprint density at radius 1 is 1.12 bits per heavy atom. The molecule has 1 heterocycles. The lowest BCUT2D eigenvalue weighted by Crippen LogP contribution is -2.37. The second-order valence-electron chi connectivity index (χ2n) is 4.18. The van der Waals surface area contributed by atoms with Gasteiger partial charge in [0.25, 0.3) is 0 Å². The van der Waals surface area contributed by atoms with Crippen molar-refractivity contribution >= 4 is 0 Å². The molecular weight excluding hydrogens is 215 g/mol. The number of piperidine rings is 1. The molecule has 0 amide bonds. The van der Waals surface area contributed by atoms with Gasteiger partial charge in [-0.15, -0.1) is 0 Å². The molecule has 0 radical (unpaired) electrons. The Labute approximate surface area is 92.7 Å². The molecule has 0 spiro atoms. The molecule has 16 heavy (non-hydrogen) atoms. The summed E-state index contributed by atoms with van der Waals surface area (Å²) in [6, 6.07) is 9.16. The molecule has 1 aromatic carbocycles. The smallest absolute Gasteiger partial charge is 0.310 e. The Morgan fingerprint density at radius 3 is 2.44 bits per heavy atom. The number of alkyl halides is 3. The van der Waals surface area contributed by atoms with Crippen LogP contribution in [0.5, 0.6) is 0 Å². The van der Waals surface area contributed by atoms with Crippen molar-refractivity contribution in [3.63, 3.8) is 0 Å². The maximum Gasteiger partial charge on any atom is 0.391 e. The maximum atomic E-state index is 12.6. The molecule has 1 N–H and O–H groups in total. The number of hydrogen-bond donors (Lipinski definition) is 1. The van der Waals surface area contributed by atoms with Gasteiger partial charge in [0.15, 0.2) is 0 Å². The van der Waals surface area contributed by atoms with Crippen LogP contribution in [0.15, 0.2) is 30.3 Å². The van der Waals surface area contributed by atoms with Crippen LogP contribution in [0.1, 0.15) is 24.4 Å². The van der Waals surface area contributed by atoms with Crippen molar-refractivity contribution in [2.45, 2.75) is 25.1 Å². The molecule has 1 aliphatic rings. The number of benzene rings is 1. The first kappa shape index (κ1) is 11.5. The Hall–Kier alpha value is -1.03. The van der Waals surface area contributed by atoms with Crippen LogP contribution >= 0.6 is 0 Å². The van der Waals surface area contributed by atoms with Crippen molar-refractivity contribution in [3.05, 3.63) is 35.9 Å². The van der Waals surface area contributed by atoms with E-state index in [1.807, 2.05) is 30.3 Å². The van der Waals surface area contributed by atoms with Gasteiger partial charge in [-0.3, -0.25) is 0 Å². The zero-order valence-electron chi connectivity index (χ0n) is 8.80. The standard InChI is InChI=1S/C12H14F3N/c13-12(14,15)10-6-7-16-11(8-10)9-4-2-1-3-5-9/h1-5,10-11,16H,6-8H2/t10-,11-/m0/s1. The van der Waals surface area contributed by atoms with Crippen LogP contribution < -0.4 is 5.32 Å². The minimum atomic E-state index is -4.06. The van der Waals surface area contributed by atoms with Gasteiger partial charge in [0.05, 0.1) is 5.92 Å². The lowest BCUT2D eigenvalue weighted by molar-refractivity contribution is -0.183. The Bertz CT molecular complexity index is 334. The van der Waals surface area contributed by atoms with Crippen LogP contribution in [-0.2, 0) is 0 Å². The number of rotatable bonds is 1. The van der Waals surface area contributed by atoms with E-state index in [1.165, 1.54) is 0 Å². The molecule has 1 fully saturated rings. The molecule has 1 nitrogen and oxygen atoms in total. The van der Waals surface area contributed by atoms with Gasteiger partial charge in [0.2, 0.25) is 0 Å². The minimum absolute atomic E-state index is 0.146. The second-order valence-corrected chi connectivity index (χ2v) is 4.18. The van der Waals surface area contributed by atoms with E-state index >= 15 is 0 Å². The first-order chi connectivity index (χ1) is 7.57. The second kappa shape index (κ2) is 4.45. The molecule has 0 unspecified atom stereocenters. The summed E-state index contributed by atoms with van der Waals surface area (Å²) in [5.74, 6) is -1.17. The van der Waals surface area contributed by atoms with Crippen molar-refractivity contribution in [2.75, 3.05) is 6.54 Å². The molecule has 1 aliphatic heterocycles. The zero-order chi connectivity index (χ0) is 11.6. The highest BCUT2D eigenvalue weighted by Crippen LogP contribution is 2.37. The van der Waals surface area contributed by atoms with Gasteiger partial charge in [-0.2, -0.15) is 13.2 Å². The largest absolute Gasteiger partial charge is 0.391 e. The van der Waals surface area contributed by atoms with Gasteiger partial charge in [-0.05, 0) is 24.9 Å². The van der Waals surface area contributed by atoms with E-state index in [1.54, 1.807) is 0 Å². The summed E-state index contributed by atoms with van der Waals surface area (Å²) >= 11 is 0. The van der Waals surface area contributed by atoms with E-state index in [9.17, 15) is 13.2 Å². The minimum Gasteiger partial charge on any atom is -0.310 e. The monoisotopic (exact) mass is 229 g/mol. The Morgan fingerprint density at radius 2 is 1.81 bits per heavy atom. The lowest BCUT2D eigenvalue weighted by Gasteiger charge is -2.31. The average molecular weight is 229 g/mol. The molecule has 0 bridgehead atoms. The van der Waals surface area contributed by atoms with Crippen LogP contribution in [0.4, 0.5) is 13.2 Å². The van der Waals surface area contributed by atoms with E-state index in [-0.39, 0.29) is 18.9 Å². The predicted molar refractivity (Wildman–Crippen MR) is 56.0 cm³/mol. The average Bonchev–Trinajstić information content (AvgIpc) is 2.29. The molecule has 0 aromatic heterocycles. The van der Waals surface area contributed by atoms with Gasteiger partial charge in [0, 0.05) is 6.04 Å². The van der Waals surface area contributed by atoms with Crippen LogP contribution in [0.25, 0.3) is 0 Å². The van der Waals surface area contributed by atoms with Gasteiger partial charge in [-0.1, -0.05) is 30.3 Å². The van der Waals surface area contributed by atoms with Gasteiger partial charge >= 0.3 is 6.18 Å². The lowest BCUT2D eigenvalue weighted by atomic mass is 9.88. The summed E-state index contributed by atoms with van der Waals surface area (Å²) < 4.78 is 37.8. The van der Waals surface area contributed by atoms with E-state index in [0.29, 0.717) is 6.54 Å². The number of nitrogens with one attached hydrogen (secondary N) is 1. The van der Waals surface area contributed by atoms with Gasteiger partial charge in [0.1, 0.15) is 0 Å². The summed E-state index contributed by atoms with van der Waals surface area (Å²) in [6.07, 6.45) is -3.73. The quantitative estimate of drug-likeness (QED) is 0.779. The zero-order valence-corrected chi connectivity index (χ0v) is 8.80. The van der Waals surface area contributed by atoms with Gasteiger partial charge < -0.3 is 5.32 Å². The highest BCUT2D eigenvalue weighted by molar-refractivity contribution is 5.19. The fourth-order valence-electron chi connectivity index (χ4n) is 2.15. The maximum absolute atomic E-state index is 12.6. The highest BCUT2D eigenvalue weighted by Gasteiger charge is 2.42. The van der Waals surface area contributed by atoms with Crippen LogP contribution in [-0.4, -0.2) is 12.7 Å². The first-order valence-electron chi connectivity index (χ1n) is 5.42. The van der Waals surface area contributed by atoms with Crippen molar-refractivity contribution in [1.82, 2.24) is 5.32 Å². The van der Waals surface area contributed by atoms with E-state index in [2.05, 4.69) is 5.32 Å². The van der Waals surface area contributed by atoms with Crippen LogP contribution in [0.3, 0.4) is 0 Å². The molecule has 0 saturated carbocycles. The van der Waals surface area contributed by atoms with Crippen LogP contribution in [0.2, 0.25) is 0 Å². The SMILES string of the molecule is FC(F)(F)[C@H]1CCN[C@H](c2ccccc2)C1. The number of halogens is 3. The topological polar surface area (TPSA) is 12.0 Å². The highest BCUT2D eigenvalue weighted by atomic mass is 19.4. The summed E-state index contributed by atoms with van der Waals surface area (Å²) in [5.41, 5.74) is 0.941. The molecular formula is C12H14F3N. The molecule has 1 aromatic rings. The fourth-order valence-corrected chi connectivity index (χ4v) is 2.15. The Balaban J connectivity index is 2.08. The van der Waals surface area contributed by atoms with E-state index in [0.717, 1.165) is 5.56 Å². The van der Waals surface area contributed by atoms with Crippen molar-refractivity contribution in [3.8, 4) is 0 Å². The molecule has 2 rings (SSSR count). The third-order valence-electron chi connectivity index (χ3n) is 3.07. The fraction of sp³-hybridized carbons (Fsp3) is 0.500. The van der Waals surface area contributed by atoms with Crippen molar-refractivity contribution in [1.29, 1.82) is 0 Å². The van der Waals surface area contributed by atoms with Crippen molar-refractivity contribution in [2.24, 2.45) is 5.92 Å². The van der Waals surface area contributed by atoms with E-state index < -0.39 is 12.1 Å². The summed E-state index contributed by atoms with van der Waals surface area (Å²) in [4.78, 5) is 0. The summed E-state index contributed by atoms with van der Waals surface area (Å²) in [6.45, 7) is 0.434. The molecule has 2 atom stereocenters. The van der Waals surface area contributed by atoms with Crippen molar-refractivity contribution < 1.29 is 13.2 Å². The third kappa shape index (κ3) is 2.55. The van der Waals surface area contributed by atoms with Crippen LogP contribution in [0, 0.1) is 5.92 Å². The van der Waals surface area contributed by atoms with E-state index in [4.69, 9.17) is 0 Å². The molecule has 4 heteroatoms. The summed E-state index contributed by atoms with van der Waals surface area (Å²) in [7, 11) is 0. The Kier molecular flexibility index (Phi) is 3.19. The third-order valence-corrected chi connectivity index (χ3v) is 3.07. The summed E-state index contributed by atoms with van der Waals surface area (Å²) in [5, 5.41) is 3.14. The number of hydrogen-bond acceptors (Lipinski definition) is 1. The first-order valence-corrected chi connectivity index (χ1v) is 5.42. The van der Waals surface area contributed by atoms with Gasteiger partial charge in [-0.25, -0.2) is 0 Å². The molecule has 0 aliphatic carbocycles. The molecule has 88 valence electrons.